The zero-order valence-corrected chi connectivity index (χ0v) is 17.0. The van der Waals surface area contributed by atoms with Crippen LogP contribution in [0.1, 0.15) is 48.4 Å². The molecule has 2 aliphatic rings. The molecule has 1 atom stereocenters. The van der Waals surface area contributed by atoms with Crippen molar-refractivity contribution in [3.05, 3.63) is 89.8 Å². The summed E-state index contributed by atoms with van der Waals surface area (Å²) in [5.74, 6) is 0.672. The first-order chi connectivity index (χ1) is 14.4. The largest absolute Gasteiger partial charge is 0.299 e. The van der Waals surface area contributed by atoms with Crippen molar-refractivity contribution >= 4 is 5.57 Å². The molecule has 5 rings (SSSR count). The van der Waals surface area contributed by atoms with Gasteiger partial charge in [0.05, 0.1) is 17.6 Å². The van der Waals surface area contributed by atoms with Crippen LogP contribution >= 0.6 is 0 Å². The van der Waals surface area contributed by atoms with Gasteiger partial charge >= 0.3 is 0 Å². The molecule has 3 nitrogen and oxygen atoms in total. The van der Waals surface area contributed by atoms with E-state index in [-0.39, 0.29) is 0 Å². The normalized spacial score (nSPS) is 21.2. The predicted octanol–water partition coefficient (Wildman–Crippen LogP) is 5.47. The first-order valence-electron chi connectivity index (χ1n) is 11.0. The van der Waals surface area contributed by atoms with E-state index in [0.717, 1.165) is 18.7 Å². The van der Waals surface area contributed by atoms with Crippen LogP contribution < -0.4 is 0 Å². The standard InChI is InChI=1S/C26H29N3/c1-3-9-21(10-4-1)23-12-8-17-28(20-23)18-16-22-11-7-15-26-25(22)19-27-29(26)24-13-5-2-6-14-24/h1-6,9-10,13-14,16,19,23H,7-8,11-12,15,17-18,20H2/b22-16+. The summed E-state index contributed by atoms with van der Waals surface area (Å²) < 4.78 is 2.13. The van der Waals surface area contributed by atoms with Crippen LogP contribution in [0.5, 0.6) is 0 Å². The number of likely N-dealkylation sites (tertiary alicyclic amines) is 1. The van der Waals surface area contributed by atoms with Gasteiger partial charge in [0.2, 0.25) is 0 Å². The molecular formula is C26H29N3. The minimum atomic E-state index is 0.672. The Bertz CT molecular complexity index is 972. The summed E-state index contributed by atoms with van der Waals surface area (Å²) in [6, 6.07) is 21.6. The van der Waals surface area contributed by atoms with Crippen LogP contribution in [0.15, 0.2) is 72.9 Å². The summed E-state index contributed by atoms with van der Waals surface area (Å²) in [6.07, 6.45) is 10.7. The molecular weight excluding hydrogens is 354 g/mol. The van der Waals surface area contributed by atoms with E-state index in [9.17, 15) is 0 Å². The summed E-state index contributed by atoms with van der Waals surface area (Å²) >= 11 is 0. The Hall–Kier alpha value is -2.65. The maximum atomic E-state index is 4.73. The van der Waals surface area contributed by atoms with Gasteiger partial charge in [-0.2, -0.15) is 5.10 Å². The summed E-state index contributed by atoms with van der Waals surface area (Å²) in [6.45, 7) is 3.43. The number of nitrogens with zero attached hydrogens (tertiary/aromatic N) is 3. The fourth-order valence-electron chi connectivity index (χ4n) is 4.93. The van der Waals surface area contributed by atoms with Gasteiger partial charge in [-0.1, -0.05) is 54.6 Å². The van der Waals surface area contributed by atoms with E-state index in [0.29, 0.717) is 5.92 Å². The fourth-order valence-corrected chi connectivity index (χ4v) is 4.93. The van der Waals surface area contributed by atoms with Crippen LogP contribution in [0.3, 0.4) is 0 Å². The molecule has 1 fully saturated rings. The summed E-state index contributed by atoms with van der Waals surface area (Å²) in [4.78, 5) is 2.63. The molecule has 3 aromatic rings. The van der Waals surface area contributed by atoms with E-state index < -0.39 is 0 Å². The lowest BCUT2D eigenvalue weighted by atomic mass is 9.90. The summed E-state index contributed by atoms with van der Waals surface area (Å²) in [7, 11) is 0. The van der Waals surface area contributed by atoms with Crippen LogP contribution in [0.25, 0.3) is 11.3 Å². The van der Waals surface area contributed by atoms with Crippen LogP contribution in [0.4, 0.5) is 0 Å². The predicted molar refractivity (Wildman–Crippen MR) is 119 cm³/mol. The first kappa shape index (κ1) is 18.4. The second-order valence-corrected chi connectivity index (χ2v) is 8.34. The van der Waals surface area contributed by atoms with Gasteiger partial charge in [0, 0.05) is 18.7 Å². The average Bonchev–Trinajstić information content (AvgIpc) is 3.24. The number of para-hydroxylation sites is 1. The number of rotatable bonds is 4. The van der Waals surface area contributed by atoms with Crippen molar-refractivity contribution in [2.24, 2.45) is 0 Å². The zero-order valence-electron chi connectivity index (χ0n) is 17.0. The summed E-state index contributed by atoms with van der Waals surface area (Å²) in [5, 5.41) is 4.73. The molecule has 0 saturated carbocycles. The molecule has 0 bridgehead atoms. The Labute approximate surface area is 173 Å². The van der Waals surface area contributed by atoms with Gasteiger partial charge in [0.15, 0.2) is 0 Å². The number of allylic oxidation sites excluding steroid dienone is 1. The van der Waals surface area contributed by atoms with E-state index in [1.807, 2.05) is 0 Å². The molecule has 0 amide bonds. The molecule has 1 saturated heterocycles. The average molecular weight is 384 g/mol. The second kappa shape index (κ2) is 8.38. The molecule has 1 aliphatic heterocycles. The van der Waals surface area contributed by atoms with Gasteiger partial charge in [0.25, 0.3) is 0 Å². The molecule has 2 aromatic carbocycles. The van der Waals surface area contributed by atoms with Crippen molar-refractivity contribution in [2.75, 3.05) is 19.6 Å². The maximum absolute atomic E-state index is 4.73. The Morgan fingerprint density at radius 3 is 2.55 bits per heavy atom. The van der Waals surface area contributed by atoms with E-state index in [4.69, 9.17) is 5.10 Å². The topological polar surface area (TPSA) is 21.1 Å². The molecule has 0 N–H and O–H groups in total. The zero-order chi connectivity index (χ0) is 19.5. The number of aromatic nitrogens is 2. The quantitative estimate of drug-likeness (QED) is 0.595. The van der Waals surface area contributed by atoms with Crippen molar-refractivity contribution < 1.29 is 0 Å². The highest BCUT2D eigenvalue weighted by Crippen LogP contribution is 2.32. The number of benzene rings is 2. The highest BCUT2D eigenvalue weighted by molar-refractivity contribution is 5.69. The fraction of sp³-hybridized carbons (Fsp3) is 0.346. The van der Waals surface area contributed by atoms with E-state index in [1.54, 1.807) is 0 Å². The van der Waals surface area contributed by atoms with Crippen LogP contribution in [0, 0.1) is 0 Å². The molecule has 148 valence electrons. The highest BCUT2D eigenvalue weighted by Gasteiger charge is 2.22. The van der Waals surface area contributed by atoms with Gasteiger partial charge in [-0.05, 0) is 67.8 Å². The van der Waals surface area contributed by atoms with Crippen molar-refractivity contribution in [1.29, 1.82) is 0 Å². The van der Waals surface area contributed by atoms with Gasteiger partial charge in [-0.3, -0.25) is 4.90 Å². The highest BCUT2D eigenvalue weighted by atomic mass is 15.3. The molecule has 29 heavy (non-hydrogen) atoms. The van der Waals surface area contributed by atoms with Crippen LogP contribution in [0.2, 0.25) is 0 Å². The van der Waals surface area contributed by atoms with E-state index in [2.05, 4.69) is 82.5 Å². The monoisotopic (exact) mass is 383 g/mol. The lowest BCUT2D eigenvalue weighted by Crippen LogP contribution is -2.34. The van der Waals surface area contributed by atoms with Gasteiger partial charge in [-0.25, -0.2) is 4.68 Å². The summed E-state index contributed by atoms with van der Waals surface area (Å²) in [5.41, 5.74) is 6.87. The number of hydrogen-bond acceptors (Lipinski definition) is 2. The molecule has 3 heteroatoms. The first-order valence-corrected chi connectivity index (χ1v) is 11.0. The van der Waals surface area contributed by atoms with Gasteiger partial charge in [0.1, 0.15) is 0 Å². The van der Waals surface area contributed by atoms with Crippen molar-refractivity contribution in [3.63, 3.8) is 0 Å². The molecule has 1 aromatic heterocycles. The van der Waals surface area contributed by atoms with Crippen molar-refractivity contribution in [2.45, 2.75) is 38.0 Å². The number of piperidine rings is 1. The lowest BCUT2D eigenvalue weighted by Gasteiger charge is -2.32. The Balaban J connectivity index is 1.32. The molecule has 0 spiro atoms. The van der Waals surface area contributed by atoms with Crippen LogP contribution in [-0.2, 0) is 6.42 Å². The van der Waals surface area contributed by atoms with Crippen LogP contribution in [-0.4, -0.2) is 34.3 Å². The van der Waals surface area contributed by atoms with E-state index >= 15 is 0 Å². The molecule has 0 radical (unpaired) electrons. The smallest absolute Gasteiger partial charge is 0.0649 e. The van der Waals surface area contributed by atoms with Gasteiger partial charge in [-0.15, -0.1) is 0 Å². The minimum Gasteiger partial charge on any atom is -0.299 e. The van der Waals surface area contributed by atoms with Crippen molar-refractivity contribution in [1.82, 2.24) is 14.7 Å². The molecule has 1 unspecified atom stereocenters. The number of fused-ring (bicyclic) bond motifs is 1. The lowest BCUT2D eigenvalue weighted by molar-refractivity contribution is 0.228. The Morgan fingerprint density at radius 2 is 1.72 bits per heavy atom. The maximum Gasteiger partial charge on any atom is 0.0649 e. The third-order valence-electron chi connectivity index (χ3n) is 6.45. The molecule has 2 heterocycles. The second-order valence-electron chi connectivity index (χ2n) is 8.34. The third-order valence-corrected chi connectivity index (χ3v) is 6.45. The SMILES string of the molecule is C(/CN1CCCC(c2ccccc2)C1)=C1/CCCc2c1cnn2-c1ccccc1. The Kier molecular flexibility index (Phi) is 5.31. The third kappa shape index (κ3) is 3.92. The van der Waals surface area contributed by atoms with Gasteiger partial charge < -0.3 is 0 Å². The molecule has 1 aliphatic carbocycles. The number of hydrogen-bond donors (Lipinski definition) is 0. The Morgan fingerprint density at radius 1 is 0.931 bits per heavy atom. The van der Waals surface area contributed by atoms with E-state index in [1.165, 1.54) is 61.2 Å². The minimum absolute atomic E-state index is 0.672. The van der Waals surface area contributed by atoms with Crippen molar-refractivity contribution in [3.8, 4) is 5.69 Å².